The topological polar surface area (TPSA) is 88.6 Å². The van der Waals surface area contributed by atoms with Crippen LogP contribution in [0.2, 0.25) is 0 Å². The lowest BCUT2D eigenvalue weighted by Gasteiger charge is -2.18. The predicted octanol–water partition coefficient (Wildman–Crippen LogP) is 2.60. The van der Waals surface area contributed by atoms with Gasteiger partial charge in [-0.3, -0.25) is 14.6 Å². The first-order valence-corrected chi connectivity index (χ1v) is 8.25. The molecule has 2 amide bonds. The average molecular weight is 355 g/mol. The number of esters is 1. The maximum atomic E-state index is 12.5. The first-order valence-electron chi connectivity index (χ1n) is 8.25. The minimum atomic E-state index is -0.489. The van der Waals surface area contributed by atoms with E-state index in [-0.39, 0.29) is 11.6 Å². The number of methoxy groups -OCH3 is 1. The maximum Gasteiger partial charge on any atom is 0.337 e. The molecule has 0 unspecified atom stereocenters. The van der Waals surface area contributed by atoms with Gasteiger partial charge in [-0.2, -0.15) is 0 Å². The van der Waals surface area contributed by atoms with E-state index in [9.17, 15) is 14.4 Å². The Balaban J connectivity index is 2.19. The molecule has 7 nitrogen and oxygen atoms in total. The van der Waals surface area contributed by atoms with Crippen LogP contribution in [-0.4, -0.2) is 47.9 Å². The van der Waals surface area contributed by atoms with E-state index in [4.69, 9.17) is 0 Å². The van der Waals surface area contributed by atoms with E-state index in [1.54, 1.807) is 23.1 Å². The van der Waals surface area contributed by atoms with Gasteiger partial charge < -0.3 is 15.0 Å². The third-order valence-electron chi connectivity index (χ3n) is 3.83. The van der Waals surface area contributed by atoms with E-state index in [1.807, 2.05) is 13.8 Å². The summed E-state index contributed by atoms with van der Waals surface area (Å²) in [7, 11) is 1.29. The Bertz CT molecular complexity index is 816. The number of rotatable bonds is 6. The van der Waals surface area contributed by atoms with Gasteiger partial charge in [0.2, 0.25) is 0 Å². The number of benzene rings is 1. The van der Waals surface area contributed by atoms with Crippen molar-refractivity contribution in [3.05, 3.63) is 59.4 Å². The molecule has 0 spiro atoms. The van der Waals surface area contributed by atoms with Crippen LogP contribution in [0.5, 0.6) is 0 Å². The maximum absolute atomic E-state index is 12.5. The van der Waals surface area contributed by atoms with E-state index < -0.39 is 11.9 Å². The smallest absolute Gasteiger partial charge is 0.337 e. The summed E-state index contributed by atoms with van der Waals surface area (Å²) in [6.45, 7) is 4.89. The van der Waals surface area contributed by atoms with E-state index in [0.717, 1.165) is 0 Å². The summed E-state index contributed by atoms with van der Waals surface area (Å²) in [4.78, 5) is 42.1. The molecular weight excluding hydrogens is 334 g/mol. The largest absolute Gasteiger partial charge is 0.465 e. The molecule has 2 aromatic rings. The second kappa shape index (κ2) is 8.75. The van der Waals surface area contributed by atoms with Gasteiger partial charge in [0.25, 0.3) is 11.8 Å². The van der Waals surface area contributed by atoms with Crippen LogP contribution in [0.3, 0.4) is 0 Å². The third kappa shape index (κ3) is 4.44. The number of hydrogen-bond donors (Lipinski definition) is 1. The van der Waals surface area contributed by atoms with E-state index in [0.29, 0.717) is 29.9 Å². The lowest BCUT2D eigenvalue weighted by molar-refractivity contribution is 0.0600. The number of anilines is 1. The number of aromatic nitrogens is 1. The molecule has 2 rings (SSSR count). The number of carbonyl (C=O) groups is 3. The zero-order valence-corrected chi connectivity index (χ0v) is 15.0. The molecule has 26 heavy (non-hydrogen) atoms. The Morgan fingerprint density at radius 2 is 1.81 bits per heavy atom. The highest BCUT2D eigenvalue weighted by atomic mass is 16.5. The van der Waals surface area contributed by atoms with Crippen molar-refractivity contribution >= 4 is 23.5 Å². The van der Waals surface area contributed by atoms with Crippen molar-refractivity contribution in [2.75, 3.05) is 25.5 Å². The molecule has 0 saturated carbocycles. The highest BCUT2D eigenvalue weighted by molar-refractivity contribution is 6.06. The SMILES string of the molecule is CCN(CC)C(=O)c1cc(C(=O)Nc2cccc(C(=O)OC)c2)ccn1. The van der Waals surface area contributed by atoms with Crippen LogP contribution in [-0.2, 0) is 4.74 Å². The lowest BCUT2D eigenvalue weighted by Crippen LogP contribution is -2.31. The Hall–Kier alpha value is -3.22. The number of amides is 2. The first kappa shape index (κ1) is 19.1. The Kier molecular flexibility index (Phi) is 6.43. The number of nitrogens with zero attached hydrogens (tertiary/aromatic N) is 2. The first-order chi connectivity index (χ1) is 12.5. The summed E-state index contributed by atoms with van der Waals surface area (Å²) < 4.78 is 4.66. The lowest BCUT2D eigenvalue weighted by atomic mass is 10.1. The molecule has 0 radical (unpaired) electrons. The van der Waals surface area contributed by atoms with Gasteiger partial charge in [0.15, 0.2) is 0 Å². The molecule has 1 N–H and O–H groups in total. The van der Waals surface area contributed by atoms with Crippen LogP contribution in [0.15, 0.2) is 42.6 Å². The summed E-state index contributed by atoms with van der Waals surface area (Å²) in [5.41, 5.74) is 1.30. The third-order valence-corrected chi connectivity index (χ3v) is 3.83. The zero-order valence-electron chi connectivity index (χ0n) is 15.0. The van der Waals surface area contributed by atoms with Crippen LogP contribution in [0, 0.1) is 0 Å². The summed E-state index contributed by atoms with van der Waals surface area (Å²) in [5.74, 6) is -1.11. The van der Waals surface area contributed by atoms with E-state index in [1.165, 1.54) is 31.5 Å². The van der Waals surface area contributed by atoms with Crippen LogP contribution in [0.4, 0.5) is 5.69 Å². The van der Waals surface area contributed by atoms with Gasteiger partial charge >= 0.3 is 5.97 Å². The summed E-state index contributed by atoms with van der Waals surface area (Å²) in [5, 5.41) is 2.70. The fraction of sp³-hybridized carbons (Fsp3) is 0.263. The van der Waals surface area contributed by atoms with Crippen molar-refractivity contribution in [2.45, 2.75) is 13.8 Å². The monoisotopic (exact) mass is 355 g/mol. The van der Waals surface area contributed by atoms with Crippen molar-refractivity contribution in [3.8, 4) is 0 Å². The minimum Gasteiger partial charge on any atom is -0.465 e. The molecule has 1 aromatic heterocycles. The van der Waals surface area contributed by atoms with Crippen molar-refractivity contribution in [1.82, 2.24) is 9.88 Å². The number of carbonyl (C=O) groups excluding carboxylic acids is 3. The molecule has 0 atom stereocenters. The van der Waals surface area contributed by atoms with Gasteiger partial charge in [0.05, 0.1) is 12.7 Å². The fourth-order valence-electron chi connectivity index (χ4n) is 2.41. The van der Waals surface area contributed by atoms with Gasteiger partial charge in [-0.25, -0.2) is 4.79 Å². The normalized spacial score (nSPS) is 10.1. The van der Waals surface area contributed by atoms with Crippen molar-refractivity contribution in [1.29, 1.82) is 0 Å². The molecule has 0 aliphatic rings. The second-order valence-electron chi connectivity index (χ2n) is 5.43. The standard InChI is InChI=1S/C19H21N3O4/c1-4-22(5-2)18(24)16-12-13(9-10-20-16)17(23)21-15-8-6-7-14(11-15)19(25)26-3/h6-12H,4-5H2,1-3H3,(H,21,23). The van der Waals surface area contributed by atoms with E-state index >= 15 is 0 Å². The summed E-state index contributed by atoms with van der Waals surface area (Å²) in [6, 6.07) is 9.40. The van der Waals surface area contributed by atoms with Crippen LogP contribution in [0.25, 0.3) is 0 Å². The molecular formula is C19H21N3O4. The molecule has 0 aliphatic carbocycles. The summed E-state index contributed by atoms with van der Waals surface area (Å²) >= 11 is 0. The number of ether oxygens (including phenoxy) is 1. The van der Waals surface area contributed by atoms with Gasteiger partial charge in [0, 0.05) is 30.5 Å². The molecule has 7 heteroatoms. The minimum absolute atomic E-state index is 0.213. The van der Waals surface area contributed by atoms with Gasteiger partial charge in [0.1, 0.15) is 5.69 Å². The number of nitrogens with one attached hydrogen (secondary N) is 1. The highest BCUT2D eigenvalue weighted by Gasteiger charge is 2.16. The molecule has 136 valence electrons. The van der Waals surface area contributed by atoms with Crippen LogP contribution in [0.1, 0.15) is 45.1 Å². The fourth-order valence-corrected chi connectivity index (χ4v) is 2.41. The number of hydrogen-bond acceptors (Lipinski definition) is 5. The quantitative estimate of drug-likeness (QED) is 0.805. The Morgan fingerprint density at radius 3 is 2.46 bits per heavy atom. The van der Waals surface area contributed by atoms with E-state index in [2.05, 4.69) is 15.0 Å². The molecule has 0 fully saturated rings. The number of pyridine rings is 1. The molecule has 0 saturated heterocycles. The average Bonchev–Trinajstić information content (AvgIpc) is 2.68. The molecule has 1 aromatic carbocycles. The van der Waals surface area contributed by atoms with Gasteiger partial charge in [-0.1, -0.05) is 6.07 Å². The second-order valence-corrected chi connectivity index (χ2v) is 5.43. The van der Waals surface area contributed by atoms with Gasteiger partial charge in [-0.05, 0) is 44.2 Å². The van der Waals surface area contributed by atoms with Crippen molar-refractivity contribution in [2.24, 2.45) is 0 Å². The predicted molar refractivity (Wildman–Crippen MR) is 97.2 cm³/mol. The van der Waals surface area contributed by atoms with Crippen LogP contribution >= 0.6 is 0 Å². The van der Waals surface area contributed by atoms with Crippen molar-refractivity contribution in [3.63, 3.8) is 0 Å². The summed E-state index contributed by atoms with van der Waals surface area (Å²) in [6.07, 6.45) is 1.43. The molecule has 0 aliphatic heterocycles. The zero-order chi connectivity index (χ0) is 19.1. The Labute approximate surface area is 152 Å². The van der Waals surface area contributed by atoms with Gasteiger partial charge in [-0.15, -0.1) is 0 Å². The molecule has 0 bridgehead atoms. The highest BCUT2D eigenvalue weighted by Crippen LogP contribution is 2.14. The van der Waals surface area contributed by atoms with Crippen LogP contribution < -0.4 is 5.32 Å². The molecule has 1 heterocycles. The van der Waals surface area contributed by atoms with Crippen molar-refractivity contribution < 1.29 is 19.1 Å². The Morgan fingerprint density at radius 1 is 1.08 bits per heavy atom.